The Bertz CT molecular complexity index is 1220. The number of hydrogen-bond donors (Lipinski definition) is 0. The molecule has 0 aliphatic heterocycles. The number of benzene rings is 2. The van der Waals surface area contributed by atoms with Crippen molar-refractivity contribution in [1.82, 2.24) is 19.7 Å². The third kappa shape index (κ3) is 4.77. The number of aryl methyl sites for hydroxylation is 1. The quantitative estimate of drug-likeness (QED) is 0.325. The highest BCUT2D eigenvalue weighted by molar-refractivity contribution is 7.90. The first kappa shape index (κ1) is 21.3. The fourth-order valence-electron chi connectivity index (χ4n) is 2.76. The van der Waals surface area contributed by atoms with Crippen LogP contribution in [0.1, 0.15) is 27.6 Å². The van der Waals surface area contributed by atoms with Gasteiger partial charge in [-0.3, -0.25) is 4.79 Å². The van der Waals surface area contributed by atoms with Crippen LogP contribution < -0.4 is 0 Å². The SMILES string of the molecule is Cc1cccc(Cc2nc(C=O)nn2-c2ccc(S(=O)(=O)/N=C/N(C)C)cc2F)c1. The molecular formula is C20H20FN5O3S. The molecular weight excluding hydrogens is 409 g/mol. The lowest BCUT2D eigenvalue weighted by molar-refractivity contribution is 0.111. The van der Waals surface area contributed by atoms with Crippen LogP contribution in [0.2, 0.25) is 0 Å². The number of nitrogens with zero attached hydrogens (tertiary/aromatic N) is 5. The van der Waals surface area contributed by atoms with Gasteiger partial charge in [-0.1, -0.05) is 29.8 Å². The van der Waals surface area contributed by atoms with Gasteiger partial charge in [-0.2, -0.15) is 8.42 Å². The zero-order valence-electron chi connectivity index (χ0n) is 16.7. The maximum atomic E-state index is 14.9. The van der Waals surface area contributed by atoms with Crippen molar-refractivity contribution in [1.29, 1.82) is 0 Å². The maximum absolute atomic E-state index is 14.9. The first-order valence-corrected chi connectivity index (χ1v) is 10.4. The molecule has 0 saturated heterocycles. The average molecular weight is 429 g/mol. The Hall–Kier alpha value is -3.40. The van der Waals surface area contributed by atoms with Gasteiger partial charge >= 0.3 is 0 Å². The Morgan fingerprint density at radius 2 is 1.97 bits per heavy atom. The van der Waals surface area contributed by atoms with E-state index in [1.165, 1.54) is 21.7 Å². The van der Waals surface area contributed by atoms with Crippen molar-refractivity contribution in [2.75, 3.05) is 14.1 Å². The molecule has 3 rings (SSSR count). The van der Waals surface area contributed by atoms with Gasteiger partial charge in [0.25, 0.3) is 10.0 Å². The molecule has 1 aromatic heterocycles. The van der Waals surface area contributed by atoms with E-state index in [9.17, 15) is 17.6 Å². The fraction of sp³-hybridized carbons (Fsp3) is 0.200. The standard InChI is InChI=1S/C20H20FN5O3S/c1-14-5-4-6-15(9-14)10-20-23-19(12-27)24-26(20)18-8-7-16(11-17(18)21)30(28,29)22-13-25(2)3/h4-9,11-13H,10H2,1-3H3/b22-13+. The lowest BCUT2D eigenvalue weighted by atomic mass is 10.1. The predicted octanol–water partition coefficient (Wildman–Crippen LogP) is 2.40. The molecule has 0 radical (unpaired) electrons. The summed E-state index contributed by atoms with van der Waals surface area (Å²) in [4.78, 5) is 16.5. The first-order chi connectivity index (χ1) is 14.2. The van der Waals surface area contributed by atoms with Crippen LogP contribution in [0, 0.1) is 12.7 Å². The van der Waals surface area contributed by atoms with E-state index < -0.39 is 15.8 Å². The third-order valence-corrected chi connectivity index (χ3v) is 5.32. The van der Waals surface area contributed by atoms with Crippen molar-refractivity contribution in [2.45, 2.75) is 18.2 Å². The van der Waals surface area contributed by atoms with Gasteiger partial charge in [0.1, 0.15) is 23.7 Å². The average Bonchev–Trinajstić information content (AvgIpc) is 3.09. The van der Waals surface area contributed by atoms with Gasteiger partial charge in [-0.05, 0) is 30.7 Å². The van der Waals surface area contributed by atoms with Gasteiger partial charge in [0.2, 0.25) is 5.82 Å². The molecule has 3 aromatic rings. The van der Waals surface area contributed by atoms with Crippen molar-refractivity contribution < 1.29 is 17.6 Å². The molecule has 156 valence electrons. The van der Waals surface area contributed by atoms with E-state index in [4.69, 9.17) is 0 Å². The van der Waals surface area contributed by atoms with Crippen LogP contribution in [-0.2, 0) is 16.4 Å². The number of halogens is 1. The van der Waals surface area contributed by atoms with Crippen molar-refractivity contribution >= 4 is 22.6 Å². The molecule has 10 heteroatoms. The van der Waals surface area contributed by atoms with E-state index in [1.807, 2.05) is 31.2 Å². The van der Waals surface area contributed by atoms with Crippen LogP contribution in [0.15, 0.2) is 51.8 Å². The number of rotatable bonds is 7. The second kappa shape index (κ2) is 8.54. The van der Waals surface area contributed by atoms with Gasteiger partial charge in [-0.25, -0.2) is 14.1 Å². The van der Waals surface area contributed by atoms with E-state index in [1.54, 1.807) is 14.1 Å². The van der Waals surface area contributed by atoms with Crippen molar-refractivity contribution in [3.63, 3.8) is 0 Å². The number of hydrogen-bond acceptors (Lipinski definition) is 5. The topological polar surface area (TPSA) is 97.5 Å². The smallest absolute Gasteiger partial charge is 0.283 e. The van der Waals surface area contributed by atoms with E-state index in [0.717, 1.165) is 23.5 Å². The summed E-state index contributed by atoms with van der Waals surface area (Å²) in [6.07, 6.45) is 1.91. The number of aldehydes is 1. The Morgan fingerprint density at radius 3 is 2.60 bits per heavy atom. The molecule has 30 heavy (non-hydrogen) atoms. The lowest BCUT2D eigenvalue weighted by Crippen LogP contribution is -2.11. The van der Waals surface area contributed by atoms with Crippen molar-refractivity contribution in [2.24, 2.45) is 4.40 Å². The molecule has 1 heterocycles. The Balaban J connectivity index is 2.02. The largest absolute Gasteiger partial charge is 0.368 e. The minimum atomic E-state index is -4.05. The summed E-state index contributed by atoms with van der Waals surface area (Å²) in [6, 6.07) is 11.1. The molecule has 0 aliphatic carbocycles. The molecule has 2 aromatic carbocycles. The summed E-state index contributed by atoms with van der Waals surface area (Å²) in [6.45, 7) is 1.95. The highest BCUT2D eigenvalue weighted by Gasteiger charge is 2.19. The summed E-state index contributed by atoms with van der Waals surface area (Å²) in [7, 11) is -0.816. The minimum Gasteiger partial charge on any atom is -0.368 e. The van der Waals surface area contributed by atoms with Gasteiger partial charge < -0.3 is 4.90 Å². The normalized spacial score (nSPS) is 11.7. The van der Waals surface area contributed by atoms with Gasteiger partial charge in [0, 0.05) is 20.5 Å². The molecule has 0 N–H and O–H groups in total. The number of carbonyl (C=O) groups excluding carboxylic acids is 1. The Labute approximate surface area is 173 Å². The Kier molecular flexibility index (Phi) is 6.06. The van der Waals surface area contributed by atoms with Crippen LogP contribution in [0.25, 0.3) is 5.69 Å². The van der Waals surface area contributed by atoms with Crippen molar-refractivity contribution in [3.05, 3.63) is 71.1 Å². The van der Waals surface area contributed by atoms with Crippen LogP contribution >= 0.6 is 0 Å². The summed E-state index contributed by atoms with van der Waals surface area (Å²) >= 11 is 0. The van der Waals surface area contributed by atoms with E-state index in [-0.39, 0.29) is 16.4 Å². The lowest BCUT2D eigenvalue weighted by Gasteiger charge is -2.09. The number of carbonyl (C=O) groups is 1. The summed E-state index contributed by atoms with van der Waals surface area (Å²) < 4.78 is 44.1. The molecule has 0 amide bonds. The second-order valence-corrected chi connectivity index (χ2v) is 8.49. The fourth-order valence-corrected chi connectivity index (χ4v) is 3.69. The van der Waals surface area contributed by atoms with Gasteiger partial charge in [-0.15, -0.1) is 9.50 Å². The minimum absolute atomic E-state index is 0.0196. The number of aromatic nitrogens is 3. The summed E-state index contributed by atoms with van der Waals surface area (Å²) in [5, 5.41) is 4.04. The molecule has 0 saturated carbocycles. The van der Waals surface area contributed by atoms with E-state index in [2.05, 4.69) is 14.5 Å². The van der Waals surface area contributed by atoms with E-state index >= 15 is 0 Å². The molecule has 0 aliphatic rings. The van der Waals surface area contributed by atoms with Gasteiger partial charge in [0.15, 0.2) is 6.29 Å². The second-order valence-electron chi connectivity index (χ2n) is 6.85. The zero-order valence-corrected chi connectivity index (χ0v) is 17.5. The molecule has 0 fully saturated rings. The molecule has 0 atom stereocenters. The van der Waals surface area contributed by atoms with Crippen LogP contribution in [0.5, 0.6) is 0 Å². The highest BCUT2D eigenvalue weighted by atomic mass is 32.2. The highest BCUT2D eigenvalue weighted by Crippen LogP contribution is 2.21. The third-order valence-electron chi connectivity index (χ3n) is 4.10. The zero-order chi connectivity index (χ0) is 21.9. The molecule has 0 unspecified atom stereocenters. The van der Waals surface area contributed by atoms with Crippen LogP contribution in [-0.4, -0.2) is 54.8 Å². The van der Waals surface area contributed by atoms with Gasteiger partial charge in [0.05, 0.1) is 4.90 Å². The summed E-state index contributed by atoms with van der Waals surface area (Å²) in [5.41, 5.74) is 1.95. The summed E-state index contributed by atoms with van der Waals surface area (Å²) in [5.74, 6) is -0.573. The monoisotopic (exact) mass is 429 g/mol. The van der Waals surface area contributed by atoms with Crippen LogP contribution in [0.3, 0.4) is 0 Å². The maximum Gasteiger partial charge on any atom is 0.283 e. The van der Waals surface area contributed by atoms with Crippen molar-refractivity contribution in [3.8, 4) is 5.69 Å². The first-order valence-electron chi connectivity index (χ1n) is 8.93. The van der Waals surface area contributed by atoms with Crippen LogP contribution in [0.4, 0.5) is 4.39 Å². The molecule has 8 nitrogen and oxygen atoms in total. The molecule has 0 spiro atoms. The molecule has 0 bridgehead atoms. The Morgan fingerprint density at radius 1 is 1.20 bits per heavy atom. The van der Waals surface area contributed by atoms with E-state index in [0.29, 0.717) is 18.5 Å². The number of sulfonamides is 1. The predicted molar refractivity (Wildman–Crippen MR) is 110 cm³/mol.